The molecule has 18 heavy (non-hydrogen) atoms. The summed E-state index contributed by atoms with van der Waals surface area (Å²) >= 11 is 0. The van der Waals surface area contributed by atoms with Crippen LogP contribution in [0.3, 0.4) is 0 Å². The average molecular weight is 246 g/mol. The Labute approximate surface area is 106 Å². The Kier molecular flexibility index (Phi) is 3.96. The highest BCUT2D eigenvalue weighted by Gasteiger charge is 2.10. The zero-order valence-electron chi connectivity index (χ0n) is 10.3. The first-order valence-corrected chi connectivity index (χ1v) is 5.90. The summed E-state index contributed by atoms with van der Waals surface area (Å²) in [6.45, 7) is 3.61. The minimum Gasteiger partial charge on any atom is -0.330 e. The van der Waals surface area contributed by atoms with Gasteiger partial charge in [0, 0.05) is 37.8 Å². The molecule has 1 aromatic carbocycles. The maximum absolute atomic E-state index is 12.7. The molecule has 0 spiro atoms. The van der Waals surface area contributed by atoms with Crippen LogP contribution in [0.25, 0.3) is 0 Å². The van der Waals surface area contributed by atoms with Crippen molar-refractivity contribution < 1.29 is 9.18 Å². The van der Waals surface area contributed by atoms with Crippen LogP contribution in [-0.2, 0) is 0 Å². The molecule has 0 N–H and O–H groups in total. The molecular formula is C14H15FN2O. The van der Waals surface area contributed by atoms with E-state index >= 15 is 0 Å². The van der Waals surface area contributed by atoms with E-state index in [2.05, 4.69) is 23.9 Å². The van der Waals surface area contributed by atoms with E-state index in [4.69, 9.17) is 0 Å². The molecule has 3 nitrogen and oxygen atoms in total. The number of likely N-dealkylation sites (N-methyl/N-ethyl adjacent to an activating group) is 1. The number of piperazine rings is 1. The van der Waals surface area contributed by atoms with Crippen molar-refractivity contribution in [1.82, 2.24) is 9.80 Å². The van der Waals surface area contributed by atoms with Crippen molar-refractivity contribution in [2.45, 2.75) is 0 Å². The smallest absolute Gasteiger partial charge is 0.237 e. The van der Waals surface area contributed by atoms with Gasteiger partial charge in [-0.1, -0.05) is 0 Å². The molecule has 1 heterocycles. The molecule has 1 aromatic rings. The molecule has 0 amide bonds. The number of carbonyl (C=O) groups excluding carboxylic acids is 1. The molecule has 4 heteroatoms. The van der Waals surface area contributed by atoms with Crippen molar-refractivity contribution in [3.63, 3.8) is 0 Å². The lowest BCUT2D eigenvalue weighted by Gasteiger charge is -2.29. The van der Waals surface area contributed by atoms with E-state index in [9.17, 15) is 9.18 Å². The Morgan fingerprint density at radius 2 is 1.78 bits per heavy atom. The Hall–Kier alpha value is -1.86. The lowest BCUT2D eigenvalue weighted by Crippen LogP contribution is -2.42. The van der Waals surface area contributed by atoms with Crippen molar-refractivity contribution in [2.24, 2.45) is 0 Å². The van der Waals surface area contributed by atoms with Gasteiger partial charge in [0.15, 0.2) is 0 Å². The van der Waals surface area contributed by atoms with Crippen LogP contribution in [0.2, 0.25) is 0 Å². The molecule has 1 aliphatic heterocycles. The number of Topliss-reactive ketones (excluding diaryl/α,β-unsaturated/α-hetero) is 1. The second-order valence-electron chi connectivity index (χ2n) is 4.36. The molecule has 1 aliphatic rings. The second kappa shape index (κ2) is 5.65. The first kappa shape index (κ1) is 12.6. The Balaban J connectivity index is 1.97. The quantitative estimate of drug-likeness (QED) is 0.550. The summed E-state index contributed by atoms with van der Waals surface area (Å²) in [5, 5.41) is 0. The predicted molar refractivity (Wildman–Crippen MR) is 67.6 cm³/mol. The van der Waals surface area contributed by atoms with Gasteiger partial charge in [-0.15, -0.1) is 0 Å². The minimum absolute atomic E-state index is 0.270. The number of hydrogen-bond acceptors (Lipinski definition) is 3. The SMILES string of the molecule is CN1CCN(C#CC(=O)c2ccc(F)cc2)CC1. The maximum Gasteiger partial charge on any atom is 0.237 e. The van der Waals surface area contributed by atoms with Gasteiger partial charge in [-0.2, -0.15) is 0 Å². The number of nitrogens with zero attached hydrogens (tertiary/aromatic N) is 2. The van der Waals surface area contributed by atoms with Gasteiger partial charge in [0.25, 0.3) is 0 Å². The number of rotatable bonds is 1. The monoisotopic (exact) mass is 246 g/mol. The molecule has 0 aromatic heterocycles. The van der Waals surface area contributed by atoms with Crippen LogP contribution in [0, 0.1) is 17.8 Å². The number of ketones is 1. The van der Waals surface area contributed by atoms with Crippen LogP contribution in [-0.4, -0.2) is 48.8 Å². The summed E-state index contributed by atoms with van der Waals surface area (Å²) in [6.07, 6.45) is 0. The number of carbonyl (C=O) groups is 1. The predicted octanol–water partition coefficient (Wildman–Crippen LogP) is 1.22. The zero-order valence-corrected chi connectivity index (χ0v) is 10.3. The third-order valence-electron chi connectivity index (χ3n) is 2.94. The molecule has 0 unspecified atom stereocenters. The normalized spacial score (nSPS) is 16.0. The summed E-state index contributed by atoms with van der Waals surface area (Å²) in [5.74, 6) is 1.98. The van der Waals surface area contributed by atoms with E-state index in [0.717, 1.165) is 26.2 Å². The van der Waals surface area contributed by atoms with Crippen LogP contribution in [0.5, 0.6) is 0 Å². The maximum atomic E-state index is 12.7. The molecule has 0 radical (unpaired) electrons. The van der Waals surface area contributed by atoms with E-state index < -0.39 is 0 Å². The Bertz CT molecular complexity index is 479. The van der Waals surface area contributed by atoms with Crippen molar-refractivity contribution in [3.05, 3.63) is 35.6 Å². The summed E-state index contributed by atoms with van der Waals surface area (Å²) in [5.41, 5.74) is 0.429. The zero-order chi connectivity index (χ0) is 13.0. The molecular weight excluding hydrogens is 231 g/mol. The second-order valence-corrected chi connectivity index (χ2v) is 4.36. The fourth-order valence-electron chi connectivity index (χ4n) is 1.72. The van der Waals surface area contributed by atoms with Crippen LogP contribution >= 0.6 is 0 Å². The van der Waals surface area contributed by atoms with Crippen molar-refractivity contribution >= 4 is 5.78 Å². The summed E-state index contributed by atoms with van der Waals surface area (Å²) in [7, 11) is 2.06. The Morgan fingerprint density at radius 3 is 2.39 bits per heavy atom. The number of benzene rings is 1. The van der Waals surface area contributed by atoms with E-state index in [0.29, 0.717) is 5.56 Å². The minimum atomic E-state index is -0.349. The van der Waals surface area contributed by atoms with Gasteiger partial charge in [0.05, 0.1) is 0 Å². The fourth-order valence-corrected chi connectivity index (χ4v) is 1.72. The molecule has 0 aliphatic carbocycles. The summed E-state index contributed by atoms with van der Waals surface area (Å²) < 4.78 is 12.7. The highest BCUT2D eigenvalue weighted by Crippen LogP contribution is 2.03. The van der Waals surface area contributed by atoms with Crippen molar-refractivity contribution in [2.75, 3.05) is 33.2 Å². The van der Waals surface area contributed by atoms with Crippen LogP contribution in [0.15, 0.2) is 24.3 Å². The molecule has 0 bridgehead atoms. The third-order valence-corrected chi connectivity index (χ3v) is 2.94. The van der Waals surface area contributed by atoms with Crippen molar-refractivity contribution in [1.29, 1.82) is 0 Å². The fraction of sp³-hybridized carbons (Fsp3) is 0.357. The number of halogens is 1. The molecule has 1 fully saturated rings. The largest absolute Gasteiger partial charge is 0.330 e. The van der Waals surface area contributed by atoms with Gasteiger partial charge < -0.3 is 9.80 Å². The van der Waals surface area contributed by atoms with Gasteiger partial charge in [-0.3, -0.25) is 4.79 Å². The summed E-state index contributed by atoms with van der Waals surface area (Å²) in [6, 6.07) is 8.32. The molecule has 2 rings (SSSR count). The van der Waals surface area contributed by atoms with Crippen LogP contribution in [0.4, 0.5) is 4.39 Å². The molecule has 1 saturated heterocycles. The average Bonchev–Trinajstić information content (AvgIpc) is 2.38. The Morgan fingerprint density at radius 1 is 1.17 bits per heavy atom. The first-order valence-electron chi connectivity index (χ1n) is 5.90. The topological polar surface area (TPSA) is 23.6 Å². The highest BCUT2D eigenvalue weighted by atomic mass is 19.1. The highest BCUT2D eigenvalue weighted by molar-refractivity contribution is 6.08. The lowest BCUT2D eigenvalue weighted by molar-refractivity contribution is 0.105. The van der Waals surface area contributed by atoms with Gasteiger partial charge >= 0.3 is 0 Å². The molecule has 94 valence electrons. The standard InChI is InChI=1S/C14H15FN2O/c1-16-8-10-17(11-9-16)7-6-14(18)12-2-4-13(15)5-3-12/h2-5H,8-11H2,1H3. The molecule has 0 atom stereocenters. The van der Waals surface area contributed by atoms with E-state index in [1.54, 1.807) is 0 Å². The van der Waals surface area contributed by atoms with Gasteiger partial charge in [-0.05, 0) is 37.2 Å². The third kappa shape index (κ3) is 3.31. The van der Waals surface area contributed by atoms with E-state index in [-0.39, 0.29) is 11.6 Å². The van der Waals surface area contributed by atoms with Crippen molar-refractivity contribution in [3.8, 4) is 12.0 Å². The van der Waals surface area contributed by atoms with Gasteiger partial charge in [-0.25, -0.2) is 4.39 Å². The number of hydrogen-bond donors (Lipinski definition) is 0. The lowest BCUT2D eigenvalue weighted by atomic mass is 10.1. The first-order chi connectivity index (χ1) is 8.65. The summed E-state index contributed by atoms with van der Waals surface area (Å²) in [4.78, 5) is 15.9. The van der Waals surface area contributed by atoms with Gasteiger partial charge in [0.1, 0.15) is 5.82 Å². The van der Waals surface area contributed by atoms with Crippen LogP contribution < -0.4 is 0 Å². The van der Waals surface area contributed by atoms with E-state index in [1.165, 1.54) is 24.3 Å². The van der Waals surface area contributed by atoms with Gasteiger partial charge in [0.2, 0.25) is 5.78 Å². The van der Waals surface area contributed by atoms with Crippen LogP contribution in [0.1, 0.15) is 10.4 Å². The molecule has 0 saturated carbocycles. The van der Waals surface area contributed by atoms with E-state index in [1.807, 2.05) is 4.90 Å².